The number of nitrogens with one attached hydrogen (secondary N) is 1. The molecule has 0 aliphatic rings. The fraction of sp³-hybridized carbons (Fsp3) is 0.0556. The largest absolute Gasteiger partial charge is 0.305 e. The van der Waals surface area contributed by atoms with E-state index in [2.05, 4.69) is 16.0 Å². The monoisotopic (exact) mass is 321 g/mol. The molecule has 4 nitrogen and oxygen atoms in total. The normalized spacial score (nSPS) is 11.4. The summed E-state index contributed by atoms with van der Waals surface area (Å²) < 4.78 is 0. The molecule has 0 aliphatic heterocycles. The highest BCUT2D eigenvalue weighted by Crippen LogP contribution is 2.18. The minimum Gasteiger partial charge on any atom is -0.305 e. The fourth-order valence-electron chi connectivity index (χ4n) is 2.22. The maximum Gasteiger partial charge on any atom is 0.259 e. The molecule has 0 bridgehead atoms. The Morgan fingerprint density at radius 2 is 2.00 bits per heavy atom. The SMILES string of the molecule is Cc1ccc(C=C(C#N)c2nc3cc(Cl)ccc3c(=O)[nH]2)cc1. The predicted molar refractivity (Wildman–Crippen MR) is 92.0 cm³/mol. The molecule has 0 aliphatic carbocycles. The number of allylic oxidation sites excluding steroid dienone is 1. The first kappa shape index (κ1) is 15.0. The van der Waals surface area contributed by atoms with Gasteiger partial charge in [-0.25, -0.2) is 4.98 Å². The number of aryl methyl sites for hydroxylation is 1. The van der Waals surface area contributed by atoms with Crippen LogP contribution in [0.3, 0.4) is 0 Å². The summed E-state index contributed by atoms with van der Waals surface area (Å²) in [6.07, 6.45) is 1.69. The Hall–Kier alpha value is -2.90. The van der Waals surface area contributed by atoms with E-state index in [9.17, 15) is 10.1 Å². The lowest BCUT2D eigenvalue weighted by molar-refractivity contribution is 1.13. The van der Waals surface area contributed by atoms with E-state index < -0.39 is 0 Å². The Balaban J connectivity index is 2.15. The van der Waals surface area contributed by atoms with Crippen molar-refractivity contribution in [3.63, 3.8) is 0 Å². The smallest absolute Gasteiger partial charge is 0.259 e. The molecule has 3 aromatic rings. The summed E-state index contributed by atoms with van der Waals surface area (Å²) in [6.45, 7) is 1.99. The number of nitriles is 1. The Labute approximate surface area is 137 Å². The van der Waals surface area contributed by atoms with Crippen LogP contribution in [-0.4, -0.2) is 9.97 Å². The van der Waals surface area contributed by atoms with Gasteiger partial charge in [-0.05, 0) is 36.8 Å². The zero-order valence-corrected chi connectivity index (χ0v) is 13.1. The molecule has 0 fully saturated rings. The van der Waals surface area contributed by atoms with E-state index >= 15 is 0 Å². The predicted octanol–water partition coefficient (Wildman–Crippen LogP) is 3.95. The van der Waals surface area contributed by atoms with Crippen LogP contribution in [0.15, 0.2) is 47.3 Å². The number of nitrogens with zero attached hydrogens (tertiary/aromatic N) is 2. The van der Waals surface area contributed by atoms with Crippen LogP contribution in [0.5, 0.6) is 0 Å². The van der Waals surface area contributed by atoms with E-state index in [1.807, 2.05) is 31.2 Å². The second-order valence-electron chi connectivity index (χ2n) is 5.16. The molecule has 0 atom stereocenters. The van der Waals surface area contributed by atoms with Gasteiger partial charge in [0.2, 0.25) is 0 Å². The van der Waals surface area contributed by atoms with E-state index in [1.54, 1.807) is 24.3 Å². The van der Waals surface area contributed by atoms with Crippen LogP contribution in [0.2, 0.25) is 5.02 Å². The molecule has 2 aromatic carbocycles. The second-order valence-corrected chi connectivity index (χ2v) is 5.59. The van der Waals surface area contributed by atoms with E-state index in [-0.39, 0.29) is 17.0 Å². The van der Waals surface area contributed by atoms with Gasteiger partial charge < -0.3 is 4.98 Å². The summed E-state index contributed by atoms with van der Waals surface area (Å²) in [7, 11) is 0. The first-order valence-electron chi connectivity index (χ1n) is 6.95. The lowest BCUT2D eigenvalue weighted by Crippen LogP contribution is -2.11. The standard InChI is InChI=1S/C18H12ClN3O/c1-11-2-4-12(5-3-11)8-13(10-20)17-21-16-9-14(19)6-7-15(16)18(23)22-17/h2-9H,1H3,(H,21,22,23). The third-order valence-electron chi connectivity index (χ3n) is 3.43. The van der Waals surface area contributed by atoms with Gasteiger partial charge in [0, 0.05) is 5.02 Å². The summed E-state index contributed by atoms with van der Waals surface area (Å²) in [6, 6.07) is 14.7. The van der Waals surface area contributed by atoms with Crippen LogP contribution in [0.1, 0.15) is 17.0 Å². The third kappa shape index (κ3) is 3.15. The van der Waals surface area contributed by atoms with Crippen LogP contribution in [0.25, 0.3) is 22.6 Å². The van der Waals surface area contributed by atoms with E-state index in [0.29, 0.717) is 15.9 Å². The zero-order chi connectivity index (χ0) is 16.4. The van der Waals surface area contributed by atoms with E-state index in [4.69, 9.17) is 11.6 Å². The molecule has 23 heavy (non-hydrogen) atoms. The highest BCUT2D eigenvalue weighted by atomic mass is 35.5. The first-order chi connectivity index (χ1) is 11.1. The van der Waals surface area contributed by atoms with Gasteiger partial charge in [-0.2, -0.15) is 5.26 Å². The van der Waals surface area contributed by atoms with Crippen LogP contribution < -0.4 is 5.56 Å². The molecule has 0 spiro atoms. The second kappa shape index (κ2) is 6.07. The fourth-order valence-corrected chi connectivity index (χ4v) is 2.39. The Kier molecular flexibility index (Phi) is 3.96. The Morgan fingerprint density at radius 3 is 2.70 bits per heavy atom. The number of aromatic amines is 1. The van der Waals surface area contributed by atoms with E-state index in [0.717, 1.165) is 11.1 Å². The van der Waals surface area contributed by atoms with Crippen LogP contribution >= 0.6 is 11.6 Å². The molecule has 1 N–H and O–H groups in total. The lowest BCUT2D eigenvalue weighted by atomic mass is 10.1. The summed E-state index contributed by atoms with van der Waals surface area (Å²) in [5.74, 6) is 0.229. The number of hydrogen-bond acceptors (Lipinski definition) is 3. The van der Waals surface area contributed by atoms with E-state index in [1.165, 1.54) is 0 Å². The number of aromatic nitrogens is 2. The highest BCUT2D eigenvalue weighted by Gasteiger charge is 2.08. The highest BCUT2D eigenvalue weighted by molar-refractivity contribution is 6.31. The average molecular weight is 322 g/mol. The van der Waals surface area contributed by atoms with Crippen molar-refractivity contribution in [1.82, 2.24) is 9.97 Å². The number of halogens is 1. The summed E-state index contributed by atoms with van der Waals surface area (Å²) in [5.41, 5.74) is 2.44. The molecular formula is C18H12ClN3O. The summed E-state index contributed by atoms with van der Waals surface area (Å²) in [5, 5.41) is 10.3. The van der Waals surface area contributed by atoms with Crippen molar-refractivity contribution in [1.29, 1.82) is 5.26 Å². The quantitative estimate of drug-likeness (QED) is 0.726. The Morgan fingerprint density at radius 1 is 1.26 bits per heavy atom. The molecule has 0 saturated heterocycles. The van der Waals surface area contributed by atoms with Crippen molar-refractivity contribution in [2.75, 3.05) is 0 Å². The maximum absolute atomic E-state index is 12.2. The van der Waals surface area contributed by atoms with Crippen molar-refractivity contribution in [3.05, 3.63) is 74.8 Å². The molecule has 3 rings (SSSR count). The number of rotatable bonds is 2. The topological polar surface area (TPSA) is 69.5 Å². The van der Waals surface area contributed by atoms with Crippen LogP contribution in [0, 0.1) is 18.3 Å². The molecule has 0 saturated carbocycles. The third-order valence-corrected chi connectivity index (χ3v) is 3.67. The van der Waals surface area contributed by atoms with Gasteiger partial charge in [-0.1, -0.05) is 41.4 Å². The molecule has 1 aromatic heterocycles. The summed E-state index contributed by atoms with van der Waals surface area (Å²) in [4.78, 5) is 19.2. The number of hydrogen-bond donors (Lipinski definition) is 1. The van der Waals surface area contributed by atoms with Crippen LogP contribution in [-0.2, 0) is 0 Å². The van der Waals surface area contributed by atoms with Crippen molar-refractivity contribution in [2.24, 2.45) is 0 Å². The van der Waals surface area contributed by atoms with Gasteiger partial charge in [0.15, 0.2) is 5.82 Å². The summed E-state index contributed by atoms with van der Waals surface area (Å²) >= 11 is 5.95. The van der Waals surface area contributed by atoms with Crippen molar-refractivity contribution < 1.29 is 0 Å². The van der Waals surface area contributed by atoms with Gasteiger partial charge in [0.1, 0.15) is 6.07 Å². The molecule has 1 heterocycles. The van der Waals surface area contributed by atoms with Crippen molar-refractivity contribution in [3.8, 4) is 6.07 Å². The molecule has 112 valence electrons. The van der Waals surface area contributed by atoms with Crippen molar-refractivity contribution in [2.45, 2.75) is 6.92 Å². The maximum atomic E-state index is 12.2. The number of fused-ring (bicyclic) bond motifs is 1. The number of benzene rings is 2. The molecule has 5 heteroatoms. The molecule has 0 unspecified atom stereocenters. The van der Waals surface area contributed by atoms with Gasteiger partial charge in [0.25, 0.3) is 5.56 Å². The lowest BCUT2D eigenvalue weighted by Gasteiger charge is -2.03. The van der Waals surface area contributed by atoms with Crippen molar-refractivity contribution >= 4 is 34.2 Å². The zero-order valence-electron chi connectivity index (χ0n) is 12.3. The van der Waals surface area contributed by atoms with Crippen LogP contribution in [0.4, 0.5) is 0 Å². The average Bonchev–Trinajstić information content (AvgIpc) is 2.53. The first-order valence-corrected chi connectivity index (χ1v) is 7.33. The minimum absolute atomic E-state index is 0.229. The minimum atomic E-state index is -0.299. The molecule has 0 radical (unpaired) electrons. The van der Waals surface area contributed by atoms with Gasteiger partial charge in [0.05, 0.1) is 16.5 Å². The van der Waals surface area contributed by atoms with Gasteiger partial charge in [-0.15, -0.1) is 0 Å². The Bertz CT molecular complexity index is 1010. The number of H-pyrrole nitrogens is 1. The molecular weight excluding hydrogens is 310 g/mol. The van der Waals surface area contributed by atoms with Gasteiger partial charge in [-0.3, -0.25) is 4.79 Å². The molecule has 0 amide bonds. The van der Waals surface area contributed by atoms with Gasteiger partial charge >= 0.3 is 0 Å².